The quantitative estimate of drug-likeness (QED) is 0.252. The van der Waals surface area contributed by atoms with E-state index in [0.29, 0.717) is 0 Å². The molecule has 2 N–H and O–H groups in total. The zero-order valence-corrected chi connectivity index (χ0v) is 18.8. The molecule has 0 bridgehead atoms. The van der Waals surface area contributed by atoms with Gasteiger partial charge in [-0.15, -0.1) is 0 Å². The Kier molecular flexibility index (Phi) is 22.5. The van der Waals surface area contributed by atoms with E-state index in [1.54, 1.807) is 0 Å². The maximum absolute atomic E-state index is 10.4. The third kappa shape index (κ3) is 24.0. The summed E-state index contributed by atoms with van der Waals surface area (Å²) >= 11 is 0. The minimum absolute atomic E-state index is 0. The third-order valence-corrected chi connectivity index (χ3v) is 4.28. The van der Waals surface area contributed by atoms with Crippen molar-refractivity contribution in [1.29, 1.82) is 0 Å². The fraction of sp³-hybridized carbons (Fsp3) is 1.00. The minimum Gasteiger partial charge on any atom is -0.303 e. The molecule has 0 aromatic heterocycles. The molecule has 0 aliphatic heterocycles. The zero-order valence-electron chi connectivity index (χ0n) is 14.8. The summed E-state index contributed by atoms with van der Waals surface area (Å²) in [6.45, 7) is 2.42. The average molecular weight is 362 g/mol. The normalized spacial score (nSPS) is 11.4. The minimum atomic E-state index is -4.25. The van der Waals surface area contributed by atoms with Crippen LogP contribution in [0.15, 0.2) is 0 Å². The molecule has 0 rings (SSSR count). The van der Waals surface area contributed by atoms with E-state index in [1.807, 2.05) is 0 Å². The van der Waals surface area contributed by atoms with Crippen LogP contribution in [0.25, 0.3) is 0 Å². The Labute approximate surface area is 179 Å². The molecular weight excluding hydrogens is 326 g/mol. The van der Waals surface area contributed by atoms with Gasteiger partial charge in [0.15, 0.2) is 0 Å². The van der Waals surface area contributed by atoms with Gasteiger partial charge in [-0.1, -0.05) is 90.4 Å². The molecule has 0 aromatic rings. The van der Waals surface area contributed by atoms with E-state index in [-0.39, 0.29) is 58.0 Å². The Morgan fingerprint density at radius 2 is 1.00 bits per heavy atom. The van der Waals surface area contributed by atoms with Crippen LogP contribution in [0.1, 0.15) is 96.8 Å². The largest absolute Gasteiger partial charge is 1.00 e. The van der Waals surface area contributed by atoms with E-state index in [0.717, 1.165) is 19.3 Å². The summed E-state index contributed by atoms with van der Waals surface area (Å²) in [5, 5.41) is 0. The van der Waals surface area contributed by atoms with E-state index in [2.05, 4.69) is 11.4 Å². The molecule has 22 heavy (non-hydrogen) atoms. The van der Waals surface area contributed by atoms with E-state index < -0.39 is 7.82 Å². The topological polar surface area (TPSA) is 66.8 Å². The van der Waals surface area contributed by atoms with Crippen LogP contribution in [0.4, 0.5) is 0 Å². The van der Waals surface area contributed by atoms with Crippen molar-refractivity contribution in [1.82, 2.24) is 0 Å². The number of unbranched alkanes of at least 4 members (excludes halogenated alkanes) is 13. The third-order valence-electron chi connectivity index (χ3n) is 3.76. The van der Waals surface area contributed by atoms with Crippen molar-refractivity contribution >= 4 is 7.82 Å². The number of hydrogen-bond donors (Lipinski definition) is 2. The van der Waals surface area contributed by atoms with Crippen LogP contribution in [0, 0.1) is 0 Å². The fourth-order valence-electron chi connectivity index (χ4n) is 2.48. The summed E-state index contributed by atoms with van der Waals surface area (Å²) in [5.74, 6) is 0. The first kappa shape index (κ1) is 26.0. The summed E-state index contributed by atoms with van der Waals surface area (Å²) < 4.78 is 14.8. The molecule has 0 amide bonds. The van der Waals surface area contributed by atoms with E-state index in [4.69, 9.17) is 9.79 Å². The molecule has 0 atom stereocenters. The van der Waals surface area contributed by atoms with Gasteiger partial charge < -0.3 is 9.79 Å². The van der Waals surface area contributed by atoms with Crippen molar-refractivity contribution < 1.29 is 70.3 Å². The van der Waals surface area contributed by atoms with Gasteiger partial charge in [0.05, 0.1) is 6.61 Å². The standard InChI is InChI=1S/C16H35O4P.K/c1-2-3-4-5-6-7-8-9-10-11-12-13-14-15-16-20-21(17,18)19;/h2-16H2,1H3,(H2,17,18,19);/q;+1. The van der Waals surface area contributed by atoms with Crippen LogP contribution in [0.2, 0.25) is 0 Å². The van der Waals surface area contributed by atoms with Crippen molar-refractivity contribution in [2.75, 3.05) is 6.61 Å². The number of phosphoric acid groups is 1. The molecule has 0 aliphatic carbocycles. The number of phosphoric ester groups is 1. The van der Waals surface area contributed by atoms with Gasteiger partial charge in [0.25, 0.3) is 0 Å². The van der Waals surface area contributed by atoms with Gasteiger partial charge in [-0.25, -0.2) is 4.57 Å². The van der Waals surface area contributed by atoms with Gasteiger partial charge in [-0.3, -0.25) is 4.52 Å². The Morgan fingerprint density at radius 3 is 1.32 bits per heavy atom. The summed E-state index contributed by atoms with van der Waals surface area (Å²) in [6, 6.07) is 0. The first-order valence-electron chi connectivity index (χ1n) is 8.76. The van der Waals surface area contributed by atoms with E-state index in [1.165, 1.54) is 70.6 Å². The SMILES string of the molecule is CCCCCCCCCCCCCCCCOP(=O)(O)O.[K+]. The molecule has 0 aromatic carbocycles. The molecule has 0 fully saturated rings. The second-order valence-electron chi connectivity index (χ2n) is 5.92. The summed E-state index contributed by atoms with van der Waals surface area (Å²) in [7, 11) is -4.25. The van der Waals surface area contributed by atoms with Gasteiger partial charge in [-0.05, 0) is 6.42 Å². The molecule has 0 radical (unpaired) electrons. The molecule has 0 aliphatic rings. The molecular formula is C16H35KO4P+. The van der Waals surface area contributed by atoms with Crippen LogP contribution >= 0.6 is 7.82 Å². The van der Waals surface area contributed by atoms with Crippen molar-refractivity contribution in [3.63, 3.8) is 0 Å². The zero-order chi connectivity index (χ0) is 15.8. The Morgan fingerprint density at radius 1 is 0.682 bits per heavy atom. The van der Waals surface area contributed by atoms with Crippen LogP contribution in [0.3, 0.4) is 0 Å². The summed E-state index contributed by atoms with van der Waals surface area (Å²) in [5.41, 5.74) is 0. The molecule has 128 valence electrons. The summed E-state index contributed by atoms with van der Waals surface area (Å²) in [6.07, 6.45) is 17.8. The van der Waals surface area contributed by atoms with Gasteiger partial charge in [0.2, 0.25) is 0 Å². The number of hydrogen-bond acceptors (Lipinski definition) is 2. The van der Waals surface area contributed by atoms with Crippen LogP contribution in [-0.4, -0.2) is 16.4 Å². The Hall–Kier alpha value is 1.75. The van der Waals surface area contributed by atoms with Gasteiger partial charge >= 0.3 is 59.2 Å². The molecule has 6 heteroatoms. The maximum Gasteiger partial charge on any atom is 1.00 e. The van der Waals surface area contributed by atoms with Gasteiger partial charge in [0.1, 0.15) is 0 Å². The monoisotopic (exact) mass is 361 g/mol. The maximum atomic E-state index is 10.4. The van der Waals surface area contributed by atoms with Crippen molar-refractivity contribution in [3.8, 4) is 0 Å². The molecule has 0 saturated heterocycles. The van der Waals surface area contributed by atoms with Gasteiger partial charge in [0, 0.05) is 0 Å². The molecule has 0 unspecified atom stereocenters. The van der Waals surface area contributed by atoms with Crippen molar-refractivity contribution in [3.05, 3.63) is 0 Å². The number of rotatable bonds is 16. The first-order valence-corrected chi connectivity index (χ1v) is 10.3. The Bertz CT molecular complexity index is 259. The van der Waals surface area contributed by atoms with E-state index in [9.17, 15) is 4.57 Å². The smallest absolute Gasteiger partial charge is 0.303 e. The first-order chi connectivity index (χ1) is 10.1. The summed E-state index contributed by atoms with van der Waals surface area (Å²) in [4.78, 5) is 17.0. The molecule has 0 heterocycles. The molecule has 4 nitrogen and oxygen atoms in total. The second kappa shape index (κ2) is 19.1. The van der Waals surface area contributed by atoms with Crippen molar-refractivity contribution in [2.45, 2.75) is 96.8 Å². The van der Waals surface area contributed by atoms with Crippen LogP contribution in [0.5, 0.6) is 0 Å². The predicted octanol–water partition coefficient (Wildman–Crippen LogP) is 2.58. The molecule has 0 saturated carbocycles. The van der Waals surface area contributed by atoms with Gasteiger partial charge in [-0.2, -0.15) is 0 Å². The molecule has 0 spiro atoms. The van der Waals surface area contributed by atoms with Crippen LogP contribution < -0.4 is 51.4 Å². The van der Waals surface area contributed by atoms with Crippen molar-refractivity contribution in [2.24, 2.45) is 0 Å². The second-order valence-corrected chi connectivity index (χ2v) is 7.16. The van der Waals surface area contributed by atoms with Crippen LogP contribution in [-0.2, 0) is 9.09 Å². The van der Waals surface area contributed by atoms with E-state index >= 15 is 0 Å². The predicted molar refractivity (Wildman–Crippen MR) is 88.3 cm³/mol. The Balaban J connectivity index is 0. The average Bonchev–Trinajstić information content (AvgIpc) is 2.42. The fourth-order valence-corrected chi connectivity index (χ4v) is 2.85.